The van der Waals surface area contributed by atoms with Crippen molar-refractivity contribution < 1.29 is 42.7 Å². The molecule has 40 heavy (non-hydrogen) atoms. The zero-order valence-corrected chi connectivity index (χ0v) is 32.2. The predicted octanol–water partition coefficient (Wildman–Crippen LogP) is 7.01. The van der Waals surface area contributed by atoms with Crippen LogP contribution in [-0.4, -0.2) is 77.1 Å². The Balaban J connectivity index is 4.18. The zero-order valence-electron chi connectivity index (χ0n) is 27.2. The van der Waals surface area contributed by atoms with Gasteiger partial charge in [-0.25, -0.2) is 0 Å². The Morgan fingerprint density at radius 3 is 0.550 bits per heavy atom. The third kappa shape index (κ3) is 11.0. The van der Waals surface area contributed by atoms with Gasteiger partial charge in [-0.1, -0.05) is 66.7 Å². The SMILES string of the molecule is CCC[Si]1(OCC)O[Si](CCC)(OCC)O[Si](CCC)(OCC)O[Si](CCC)(OCC)O[Si](CCC)(OCC)O1. The van der Waals surface area contributed by atoms with Gasteiger partial charge in [-0.15, -0.1) is 0 Å². The van der Waals surface area contributed by atoms with Gasteiger partial charge in [-0.2, -0.15) is 0 Å². The third-order valence-corrected chi connectivity index (χ3v) is 27.8. The highest BCUT2D eigenvalue weighted by Crippen LogP contribution is 2.41. The molecule has 0 bridgehead atoms. The summed E-state index contributed by atoms with van der Waals surface area (Å²) in [5.41, 5.74) is 0. The largest absolute Gasteiger partial charge is 0.486 e. The van der Waals surface area contributed by atoms with E-state index < -0.39 is 44.0 Å². The second-order valence-corrected chi connectivity index (χ2v) is 24.7. The molecule has 0 radical (unpaired) electrons. The van der Waals surface area contributed by atoms with Crippen LogP contribution in [0.4, 0.5) is 0 Å². The minimum Gasteiger partial charge on any atom is -0.375 e. The summed E-state index contributed by atoms with van der Waals surface area (Å²) < 4.78 is 68.6. The molecule has 1 heterocycles. The fraction of sp³-hybridized carbons (Fsp3) is 1.00. The minimum atomic E-state index is -3.46. The first-order valence-corrected chi connectivity index (χ1v) is 25.5. The summed E-state index contributed by atoms with van der Waals surface area (Å²) in [6.07, 6.45) is 4.03. The van der Waals surface area contributed by atoms with Crippen molar-refractivity contribution in [1.82, 2.24) is 0 Å². The molecule has 1 aliphatic heterocycles. The maximum absolute atomic E-state index is 7.16. The molecular weight excluding hydrogens is 601 g/mol. The van der Waals surface area contributed by atoms with Crippen LogP contribution in [0.1, 0.15) is 101 Å². The average Bonchev–Trinajstić information content (AvgIpc) is 2.85. The van der Waals surface area contributed by atoms with E-state index in [1.54, 1.807) is 0 Å². The fourth-order valence-corrected chi connectivity index (χ4v) is 29.7. The number of rotatable bonds is 20. The van der Waals surface area contributed by atoms with E-state index in [1.165, 1.54) is 0 Å². The van der Waals surface area contributed by atoms with Crippen molar-refractivity contribution in [3.8, 4) is 0 Å². The molecule has 15 heteroatoms. The molecule has 0 saturated carbocycles. The van der Waals surface area contributed by atoms with Crippen LogP contribution in [0, 0.1) is 0 Å². The van der Waals surface area contributed by atoms with Gasteiger partial charge in [0.25, 0.3) is 0 Å². The number of hydrogen-bond acceptors (Lipinski definition) is 10. The molecule has 1 rings (SSSR count). The number of hydrogen-bond donors (Lipinski definition) is 0. The highest BCUT2D eigenvalue weighted by atomic mass is 28.6. The van der Waals surface area contributed by atoms with Crippen molar-refractivity contribution in [3.05, 3.63) is 0 Å². The van der Waals surface area contributed by atoms with Gasteiger partial charge in [0.2, 0.25) is 0 Å². The van der Waals surface area contributed by atoms with Crippen LogP contribution in [0.2, 0.25) is 30.2 Å². The van der Waals surface area contributed by atoms with E-state index in [-0.39, 0.29) is 0 Å². The standard InChI is InChI=1S/C25H60O10Si5/c1-11-21-36(26-16-6)31-37(22-12-2,27-17-7)33-39(24-14-4,29-19-9)35-40(25-15-5,30-20-10)34-38(32-36,23-13-3)28-18-8/h11-25H2,1-10H3. The van der Waals surface area contributed by atoms with Gasteiger partial charge < -0.3 is 42.7 Å². The van der Waals surface area contributed by atoms with Gasteiger partial charge in [0.05, 0.1) is 0 Å². The minimum absolute atomic E-state index is 0.431. The molecule has 1 aliphatic rings. The van der Waals surface area contributed by atoms with Gasteiger partial charge in [0.1, 0.15) is 0 Å². The first-order valence-electron chi connectivity index (χ1n) is 15.8. The van der Waals surface area contributed by atoms with Crippen LogP contribution in [0.25, 0.3) is 0 Å². The van der Waals surface area contributed by atoms with Crippen LogP contribution < -0.4 is 0 Å². The van der Waals surface area contributed by atoms with E-state index in [9.17, 15) is 0 Å². The Bertz CT molecular complexity index is 500. The lowest BCUT2D eigenvalue weighted by Gasteiger charge is -2.49. The van der Waals surface area contributed by atoms with Crippen molar-refractivity contribution >= 4 is 44.0 Å². The first-order chi connectivity index (χ1) is 19.1. The molecule has 0 amide bonds. The second-order valence-electron chi connectivity index (χ2n) is 9.84. The molecule has 0 aliphatic carbocycles. The summed E-state index contributed by atoms with van der Waals surface area (Å²) in [6, 6.07) is 2.98. The molecule has 1 saturated heterocycles. The quantitative estimate of drug-likeness (QED) is 0.127. The molecule has 1 fully saturated rings. The molecule has 0 aromatic heterocycles. The van der Waals surface area contributed by atoms with Crippen molar-refractivity contribution in [2.45, 2.75) is 132 Å². The molecule has 0 aromatic rings. The molecule has 0 unspecified atom stereocenters. The maximum Gasteiger partial charge on any atom is 0.486 e. The van der Waals surface area contributed by atoms with Gasteiger partial charge in [-0.3, -0.25) is 0 Å². The van der Waals surface area contributed by atoms with Crippen LogP contribution in [-0.2, 0) is 42.7 Å². The summed E-state index contributed by atoms with van der Waals surface area (Å²) >= 11 is 0. The lowest BCUT2D eigenvalue weighted by atomic mass is 10.6. The maximum atomic E-state index is 7.16. The highest BCUT2D eigenvalue weighted by Gasteiger charge is 2.67. The predicted molar refractivity (Wildman–Crippen MR) is 168 cm³/mol. The first kappa shape index (κ1) is 38.7. The van der Waals surface area contributed by atoms with E-state index in [0.717, 1.165) is 32.1 Å². The van der Waals surface area contributed by atoms with Crippen molar-refractivity contribution in [2.24, 2.45) is 0 Å². The van der Waals surface area contributed by atoms with E-state index in [0.29, 0.717) is 63.3 Å². The molecule has 0 spiro atoms. The molecule has 0 atom stereocenters. The zero-order chi connectivity index (χ0) is 30.2. The van der Waals surface area contributed by atoms with Crippen molar-refractivity contribution in [2.75, 3.05) is 33.0 Å². The fourth-order valence-electron chi connectivity index (χ4n) is 5.09. The summed E-state index contributed by atoms with van der Waals surface area (Å²) in [4.78, 5) is 0. The van der Waals surface area contributed by atoms with Crippen molar-refractivity contribution in [3.63, 3.8) is 0 Å². The van der Waals surface area contributed by atoms with Gasteiger partial charge in [0, 0.05) is 63.3 Å². The van der Waals surface area contributed by atoms with E-state index in [4.69, 9.17) is 42.7 Å². The Kier molecular flexibility index (Phi) is 18.5. The lowest BCUT2D eigenvalue weighted by molar-refractivity contribution is 0.0179. The monoisotopic (exact) mass is 660 g/mol. The van der Waals surface area contributed by atoms with Gasteiger partial charge in [-0.05, 0) is 34.6 Å². The van der Waals surface area contributed by atoms with Crippen molar-refractivity contribution in [1.29, 1.82) is 0 Å². The summed E-state index contributed by atoms with van der Waals surface area (Å²) in [5.74, 6) is 0. The molecular formula is C25H60O10Si5. The van der Waals surface area contributed by atoms with E-state index in [2.05, 4.69) is 34.6 Å². The molecule has 0 N–H and O–H groups in total. The van der Waals surface area contributed by atoms with E-state index >= 15 is 0 Å². The Morgan fingerprint density at radius 2 is 0.450 bits per heavy atom. The summed E-state index contributed by atoms with van der Waals surface area (Å²) in [6.45, 7) is 22.6. The topological polar surface area (TPSA) is 92.3 Å². The smallest absolute Gasteiger partial charge is 0.375 e. The van der Waals surface area contributed by atoms with Crippen LogP contribution in [0.5, 0.6) is 0 Å². The Hall–Kier alpha value is 0.684. The highest BCUT2D eigenvalue weighted by molar-refractivity contribution is 6.89. The van der Waals surface area contributed by atoms with E-state index in [1.807, 2.05) is 34.6 Å². The molecule has 10 nitrogen and oxygen atoms in total. The van der Waals surface area contributed by atoms with Crippen LogP contribution in [0.3, 0.4) is 0 Å². The van der Waals surface area contributed by atoms with Crippen LogP contribution in [0.15, 0.2) is 0 Å². The Morgan fingerprint density at radius 1 is 0.300 bits per heavy atom. The third-order valence-electron chi connectivity index (χ3n) is 6.16. The summed E-state index contributed by atoms with van der Waals surface area (Å²) in [5, 5.41) is 0. The summed E-state index contributed by atoms with van der Waals surface area (Å²) in [7, 11) is -17.3. The lowest BCUT2D eigenvalue weighted by Crippen LogP contribution is -2.73. The van der Waals surface area contributed by atoms with Gasteiger partial charge >= 0.3 is 44.0 Å². The normalized spacial score (nSPS) is 33.8. The van der Waals surface area contributed by atoms with Gasteiger partial charge in [0.15, 0.2) is 0 Å². The van der Waals surface area contributed by atoms with Crippen LogP contribution >= 0.6 is 0 Å². The Labute approximate surface area is 250 Å². The molecule has 0 aromatic carbocycles. The average molecular weight is 661 g/mol. The molecule has 240 valence electrons. The second kappa shape index (κ2) is 19.2.